The average molecular weight is 316 g/mol. The van der Waals surface area contributed by atoms with Gasteiger partial charge in [-0.25, -0.2) is 4.39 Å². The summed E-state index contributed by atoms with van der Waals surface area (Å²) in [6.45, 7) is 1.98. The fourth-order valence-corrected chi connectivity index (χ4v) is 2.56. The van der Waals surface area contributed by atoms with E-state index in [0.717, 1.165) is 4.47 Å². The largest absolute Gasteiger partial charge is 0.481 e. The molecule has 0 aliphatic carbocycles. The topological polar surface area (TPSA) is 40.5 Å². The maximum absolute atomic E-state index is 13.7. The van der Waals surface area contributed by atoms with Crippen molar-refractivity contribution < 1.29 is 14.3 Å². The highest BCUT2D eigenvalue weighted by Crippen LogP contribution is 2.21. The molecule has 98 valence electrons. The van der Waals surface area contributed by atoms with Crippen LogP contribution in [0.25, 0.3) is 0 Å². The summed E-state index contributed by atoms with van der Waals surface area (Å²) < 4.78 is 14.4. The first-order chi connectivity index (χ1) is 8.56. The predicted molar refractivity (Wildman–Crippen MR) is 69.7 cm³/mol. The number of hydrogen-bond acceptors (Lipinski definition) is 2. The minimum Gasteiger partial charge on any atom is -0.481 e. The molecule has 18 heavy (non-hydrogen) atoms. The summed E-state index contributed by atoms with van der Waals surface area (Å²) in [6, 6.07) is 5.05. The lowest BCUT2D eigenvalue weighted by Crippen LogP contribution is -2.36. The Morgan fingerprint density at radius 2 is 2.11 bits per heavy atom. The molecule has 3 nitrogen and oxygen atoms in total. The highest BCUT2D eigenvalue weighted by atomic mass is 79.9. The molecule has 1 aliphatic rings. The van der Waals surface area contributed by atoms with Crippen LogP contribution in [0.5, 0.6) is 0 Å². The molecule has 0 amide bonds. The smallest absolute Gasteiger partial charge is 0.306 e. The Morgan fingerprint density at radius 1 is 1.44 bits per heavy atom. The van der Waals surface area contributed by atoms with E-state index in [-0.39, 0.29) is 11.7 Å². The van der Waals surface area contributed by atoms with Gasteiger partial charge in [0.15, 0.2) is 0 Å². The fraction of sp³-hybridized carbons (Fsp3) is 0.462. The van der Waals surface area contributed by atoms with E-state index in [0.29, 0.717) is 38.0 Å². The molecule has 1 aromatic carbocycles. The number of halogens is 2. The third-order valence-electron chi connectivity index (χ3n) is 3.35. The molecule has 0 aromatic heterocycles. The van der Waals surface area contributed by atoms with E-state index < -0.39 is 5.97 Å². The summed E-state index contributed by atoms with van der Waals surface area (Å²) in [5.41, 5.74) is 0.659. The van der Waals surface area contributed by atoms with E-state index in [1.807, 2.05) is 6.07 Å². The second-order valence-electron chi connectivity index (χ2n) is 4.62. The standard InChI is InChI=1S/C13H15BrFNO2/c14-11-2-1-10(12(15)7-11)8-16-5-3-9(4-6-16)13(17)18/h1-2,7,9H,3-6,8H2,(H,17,18). The van der Waals surface area contributed by atoms with Gasteiger partial charge < -0.3 is 5.11 Å². The normalized spacial score (nSPS) is 17.9. The fourth-order valence-electron chi connectivity index (χ4n) is 2.23. The van der Waals surface area contributed by atoms with Crippen molar-refractivity contribution in [1.29, 1.82) is 0 Å². The van der Waals surface area contributed by atoms with Gasteiger partial charge in [-0.1, -0.05) is 22.0 Å². The van der Waals surface area contributed by atoms with Crippen LogP contribution >= 0.6 is 15.9 Å². The molecule has 2 rings (SSSR count). The number of hydrogen-bond donors (Lipinski definition) is 1. The quantitative estimate of drug-likeness (QED) is 0.932. The number of benzene rings is 1. The van der Waals surface area contributed by atoms with Gasteiger partial charge in [-0.2, -0.15) is 0 Å². The van der Waals surface area contributed by atoms with E-state index in [9.17, 15) is 9.18 Å². The predicted octanol–water partition coefficient (Wildman–Crippen LogP) is 2.88. The maximum atomic E-state index is 13.7. The van der Waals surface area contributed by atoms with Gasteiger partial charge in [0, 0.05) is 16.6 Å². The van der Waals surface area contributed by atoms with Crippen molar-refractivity contribution in [1.82, 2.24) is 4.90 Å². The van der Waals surface area contributed by atoms with Crippen molar-refractivity contribution in [2.75, 3.05) is 13.1 Å². The van der Waals surface area contributed by atoms with Crippen LogP contribution in [0, 0.1) is 11.7 Å². The Hall–Kier alpha value is -0.940. The molecule has 1 saturated heterocycles. The number of carboxylic acids is 1. The summed E-state index contributed by atoms with van der Waals surface area (Å²) in [5.74, 6) is -1.18. The number of aliphatic carboxylic acids is 1. The Bertz CT molecular complexity index is 445. The number of rotatable bonds is 3. The van der Waals surface area contributed by atoms with Gasteiger partial charge in [0.2, 0.25) is 0 Å². The first-order valence-electron chi connectivity index (χ1n) is 5.95. The molecule has 1 aromatic rings. The molecule has 1 fully saturated rings. The van der Waals surface area contributed by atoms with E-state index in [1.54, 1.807) is 6.07 Å². The third-order valence-corrected chi connectivity index (χ3v) is 3.84. The zero-order valence-corrected chi connectivity index (χ0v) is 11.5. The molecule has 0 spiro atoms. The average Bonchev–Trinajstić information content (AvgIpc) is 2.33. The minimum atomic E-state index is -0.718. The number of carboxylic acid groups (broad SMARTS) is 1. The van der Waals surface area contributed by atoms with E-state index in [4.69, 9.17) is 5.11 Å². The molecule has 0 bridgehead atoms. The number of likely N-dealkylation sites (tertiary alicyclic amines) is 1. The van der Waals surface area contributed by atoms with Crippen LogP contribution in [0.3, 0.4) is 0 Å². The monoisotopic (exact) mass is 315 g/mol. The molecule has 1 aliphatic heterocycles. The van der Waals surface area contributed by atoms with Gasteiger partial charge in [-0.05, 0) is 38.1 Å². The SMILES string of the molecule is O=C(O)C1CCN(Cc2ccc(Br)cc2F)CC1. The van der Waals surface area contributed by atoms with Crippen molar-refractivity contribution >= 4 is 21.9 Å². The van der Waals surface area contributed by atoms with Gasteiger partial charge in [-0.3, -0.25) is 9.69 Å². The van der Waals surface area contributed by atoms with E-state index in [2.05, 4.69) is 20.8 Å². The van der Waals surface area contributed by atoms with Gasteiger partial charge in [0.1, 0.15) is 5.82 Å². The molecule has 1 heterocycles. The molecule has 0 unspecified atom stereocenters. The van der Waals surface area contributed by atoms with Gasteiger partial charge in [0.25, 0.3) is 0 Å². The summed E-state index contributed by atoms with van der Waals surface area (Å²) in [7, 11) is 0. The molecule has 5 heteroatoms. The van der Waals surface area contributed by atoms with Crippen LogP contribution < -0.4 is 0 Å². The van der Waals surface area contributed by atoms with Crippen molar-refractivity contribution in [2.24, 2.45) is 5.92 Å². The van der Waals surface area contributed by atoms with E-state index >= 15 is 0 Å². The lowest BCUT2D eigenvalue weighted by atomic mass is 9.97. The summed E-state index contributed by atoms with van der Waals surface area (Å²) in [5, 5.41) is 8.91. The van der Waals surface area contributed by atoms with Crippen LogP contribution in [0.2, 0.25) is 0 Å². The summed E-state index contributed by atoms with van der Waals surface area (Å²) >= 11 is 3.23. The van der Waals surface area contributed by atoms with Crippen LogP contribution in [-0.2, 0) is 11.3 Å². The molecule has 1 N–H and O–H groups in total. The second-order valence-corrected chi connectivity index (χ2v) is 5.54. The van der Waals surface area contributed by atoms with Crippen LogP contribution in [0.1, 0.15) is 18.4 Å². The highest BCUT2D eigenvalue weighted by molar-refractivity contribution is 9.10. The van der Waals surface area contributed by atoms with E-state index in [1.165, 1.54) is 6.07 Å². The zero-order valence-electron chi connectivity index (χ0n) is 9.90. The number of carbonyl (C=O) groups is 1. The second kappa shape index (κ2) is 5.80. The Labute approximate surface area is 114 Å². The van der Waals surface area contributed by atoms with Gasteiger partial charge in [0.05, 0.1) is 5.92 Å². The van der Waals surface area contributed by atoms with Crippen LogP contribution in [-0.4, -0.2) is 29.1 Å². The summed E-state index contributed by atoms with van der Waals surface area (Å²) in [6.07, 6.45) is 1.29. The number of nitrogens with zero attached hydrogens (tertiary/aromatic N) is 1. The summed E-state index contributed by atoms with van der Waals surface area (Å²) in [4.78, 5) is 12.9. The Balaban J connectivity index is 1.93. The zero-order chi connectivity index (χ0) is 13.1. The number of piperidine rings is 1. The van der Waals surface area contributed by atoms with Crippen LogP contribution in [0.15, 0.2) is 22.7 Å². The lowest BCUT2D eigenvalue weighted by molar-refractivity contribution is -0.143. The van der Waals surface area contributed by atoms with Crippen LogP contribution in [0.4, 0.5) is 4.39 Å². The highest BCUT2D eigenvalue weighted by Gasteiger charge is 2.24. The van der Waals surface area contributed by atoms with Crippen molar-refractivity contribution in [3.63, 3.8) is 0 Å². The van der Waals surface area contributed by atoms with Crippen molar-refractivity contribution in [2.45, 2.75) is 19.4 Å². The van der Waals surface area contributed by atoms with Gasteiger partial charge in [-0.15, -0.1) is 0 Å². The van der Waals surface area contributed by atoms with Gasteiger partial charge >= 0.3 is 5.97 Å². The maximum Gasteiger partial charge on any atom is 0.306 e. The Morgan fingerprint density at radius 3 is 2.67 bits per heavy atom. The Kier molecular flexibility index (Phi) is 4.35. The van der Waals surface area contributed by atoms with Crippen molar-refractivity contribution in [3.05, 3.63) is 34.1 Å². The lowest BCUT2D eigenvalue weighted by Gasteiger charge is -2.30. The molecule has 0 saturated carbocycles. The molecular formula is C13H15BrFNO2. The minimum absolute atomic E-state index is 0.218. The molecule has 0 radical (unpaired) electrons. The molecule has 0 atom stereocenters. The first kappa shape index (κ1) is 13.5. The van der Waals surface area contributed by atoms with Crippen molar-refractivity contribution in [3.8, 4) is 0 Å². The molecular weight excluding hydrogens is 301 g/mol. The third kappa shape index (κ3) is 3.29. The first-order valence-corrected chi connectivity index (χ1v) is 6.74.